The minimum atomic E-state index is 0.972. The van der Waals surface area contributed by atoms with Gasteiger partial charge < -0.3 is 10.2 Å². The van der Waals surface area contributed by atoms with E-state index in [0.717, 1.165) is 38.5 Å². The predicted molar refractivity (Wildman–Crippen MR) is 80.0 cm³/mol. The number of hydrogen-bond donors (Lipinski definition) is 1. The minimum absolute atomic E-state index is 0.972. The third-order valence-electron chi connectivity index (χ3n) is 3.40. The number of nitrogens with one attached hydrogen (secondary N) is 1. The van der Waals surface area contributed by atoms with Crippen LogP contribution in [0.3, 0.4) is 0 Å². The maximum absolute atomic E-state index is 4.52. The zero-order chi connectivity index (χ0) is 12.2. The summed E-state index contributed by atoms with van der Waals surface area (Å²) in [5.74, 6) is 1.13. The van der Waals surface area contributed by atoms with Gasteiger partial charge in [0, 0.05) is 43.2 Å². The van der Waals surface area contributed by atoms with Gasteiger partial charge in [-0.3, -0.25) is 4.99 Å². The highest BCUT2D eigenvalue weighted by Gasteiger charge is 2.12. The molecule has 1 aromatic carbocycles. The normalized spacial score (nSPS) is 20.7. The second kappa shape index (κ2) is 5.76. The van der Waals surface area contributed by atoms with Crippen molar-refractivity contribution in [2.45, 2.75) is 6.42 Å². The van der Waals surface area contributed by atoms with Crippen molar-refractivity contribution in [2.24, 2.45) is 4.99 Å². The summed E-state index contributed by atoms with van der Waals surface area (Å²) in [5, 5.41) is 4.65. The van der Waals surface area contributed by atoms with Crippen LogP contribution in [0, 0.1) is 0 Å². The number of nitrogens with zero attached hydrogens (tertiary/aromatic N) is 2. The summed E-state index contributed by atoms with van der Waals surface area (Å²) in [6.07, 6.45) is 1.23. The molecule has 1 fully saturated rings. The molecule has 2 aliphatic rings. The smallest absolute Gasteiger partial charge is 0.0977 e. The summed E-state index contributed by atoms with van der Waals surface area (Å²) < 4.78 is 0. The number of aliphatic imine (C=N–C) groups is 1. The van der Waals surface area contributed by atoms with E-state index in [9.17, 15) is 0 Å². The van der Waals surface area contributed by atoms with Crippen LogP contribution in [0.4, 0.5) is 5.69 Å². The molecule has 4 heteroatoms. The molecule has 96 valence electrons. The van der Waals surface area contributed by atoms with Gasteiger partial charge in [-0.2, -0.15) is 0 Å². The zero-order valence-corrected chi connectivity index (χ0v) is 11.4. The summed E-state index contributed by atoms with van der Waals surface area (Å²) in [7, 11) is 0. The fourth-order valence-electron chi connectivity index (χ4n) is 2.43. The zero-order valence-electron chi connectivity index (χ0n) is 10.6. The lowest BCUT2D eigenvalue weighted by Gasteiger charge is -2.22. The van der Waals surface area contributed by atoms with Crippen LogP contribution in [-0.4, -0.2) is 43.5 Å². The van der Waals surface area contributed by atoms with Crippen LogP contribution in [-0.2, 0) is 0 Å². The van der Waals surface area contributed by atoms with Crippen molar-refractivity contribution in [1.29, 1.82) is 0 Å². The van der Waals surface area contributed by atoms with Gasteiger partial charge in [0.1, 0.15) is 0 Å². The topological polar surface area (TPSA) is 27.6 Å². The third kappa shape index (κ3) is 2.70. The lowest BCUT2D eigenvalue weighted by Crippen LogP contribution is -2.27. The summed E-state index contributed by atoms with van der Waals surface area (Å²) >= 11 is 1.87. The standard InChI is InChI=1S/C14H19N3S/c1-6-15-7-10-17(9-1)13-4-2-12(3-5-13)14-16-8-11-18-14/h2-5,15H,1,6-11H2. The average Bonchev–Trinajstić information content (AvgIpc) is 2.82. The van der Waals surface area contributed by atoms with Gasteiger partial charge in [0.2, 0.25) is 0 Å². The van der Waals surface area contributed by atoms with Crippen molar-refractivity contribution in [3.05, 3.63) is 29.8 Å². The Labute approximate surface area is 113 Å². The summed E-state index contributed by atoms with van der Waals surface area (Å²) in [4.78, 5) is 6.98. The van der Waals surface area contributed by atoms with Crippen molar-refractivity contribution in [1.82, 2.24) is 5.32 Å². The van der Waals surface area contributed by atoms with Crippen molar-refractivity contribution >= 4 is 22.5 Å². The first-order valence-electron chi connectivity index (χ1n) is 6.67. The molecule has 0 atom stereocenters. The lowest BCUT2D eigenvalue weighted by atomic mass is 10.2. The molecular weight excluding hydrogens is 242 g/mol. The monoisotopic (exact) mass is 261 g/mol. The van der Waals surface area contributed by atoms with Gasteiger partial charge in [-0.1, -0.05) is 12.1 Å². The molecule has 18 heavy (non-hydrogen) atoms. The number of benzene rings is 1. The summed E-state index contributed by atoms with van der Waals surface area (Å²) in [6, 6.07) is 8.90. The Morgan fingerprint density at radius 1 is 1.11 bits per heavy atom. The lowest BCUT2D eigenvalue weighted by molar-refractivity contribution is 0.724. The third-order valence-corrected chi connectivity index (χ3v) is 4.43. The number of hydrogen-bond acceptors (Lipinski definition) is 4. The average molecular weight is 261 g/mol. The molecule has 0 spiro atoms. The highest BCUT2D eigenvalue weighted by molar-refractivity contribution is 8.14. The second-order valence-electron chi connectivity index (χ2n) is 4.67. The molecule has 0 radical (unpaired) electrons. The second-order valence-corrected chi connectivity index (χ2v) is 5.76. The Morgan fingerprint density at radius 2 is 2.00 bits per heavy atom. The van der Waals surface area contributed by atoms with Gasteiger partial charge in [-0.05, 0) is 25.1 Å². The molecule has 0 aromatic heterocycles. The Kier molecular flexibility index (Phi) is 3.86. The van der Waals surface area contributed by atoms with Crippen LogP contribution >= 0.6 is 11.8 Å². The Bertz CT molecular complexity index is 419. The highest BCUT2D eigenvalue weighted by Crippen LogP contribution is 2.22. The van der Waals surface area contributed by atoms with Crippen molar-refractivity contribution in [2.75, 3.05) is 43.4 Å². The van der Waals surface area contributed by atoms with Gasteiger partial charge in [0.05, 0.1) is 5.04 Å². The van der Waals surface area contributed by atoms with E-state index in [-0.39, 0.29) is 0 Å². The van der Waals surface area contributed by atoms with Crippen LogP contribution in [0.5, 0.6) is 0 Å². The van der Waals surface area contributed by atoms with Gasteiger partial charge in [-0.15, -0.1) is 11.8 Å². The Morgan fingerprint density at radius 3 is 2.78 bits per heavy atom. The van der Waals surface area contributed by atoms with Crippen molar-refractivity contribution in [3.63, 3.8) is 0 Å². The first-order chi connectivity index (χ1) is 8.93. The SMILES string of the molecule is c1cc(N2CCCNCC2)ccc1C1=NCCS1. The van der Waals surface area contributed by atoms with Crippen LogP contribution in [0.1, 0.15) is 12.0 Å². The van der Waals surface area contributed by atoms with Crippen molar-refractivity contribution < 1.29 is 0 Å². The van der Waals surface area contributed by atoms with Crippen LogP contribution < -0.4 is 10.2 Å². The molecule has 2 aliphatic heterocycles. The molecule has 1 saturated heterocycles. The van der Waals surface area contributed by atoms with E-state index in [4.69, 9.17) is 0 Å². The summed E-state index contributed by atoms with van der Waals surface area (Å²) in [6.45, 7) is 5.46. The van der Waals surface area contributed by atoms with E-state index < -0.39 is 0 Å². The van der Waals surface area contributed by atoms with Gasteiger partial charge in [0.25, 0.3) is 0 Å². The highest BCUT2D eigenvalue weighted by atomic mass is 32.2. The van der Waals surface area contributed by atoms with Gasteiger partial charge >= 0.3 is 0 Å². The van der Waals surface area contributed by atoms with E-state index in [0.29, 0.717) is 0 Å². The fraction of sp³-hybridized carbons (Fsp3) is 0.500. The Balaban J connectivity index is 1.73. The molecular formula is C14H19N3S. The van der Waals surface area contributed by atoms with E-state index in [1.807, 2.05) is 11.8 Å². The molecule has 0 unspecified atom stereocenters. The molecule has 3 rings (SSSR count). The minimum Gasteiger partial charge on any atom is -0.370 e. The number of anilines is 1. The van der Waals surface area contributed by atoms with Crippen LogP contribution in [0.15, 0.2) is 29.3 Å². The molecule has 0 amide bonds. The molecule has 0 aliphatic carbocycles. The first-order valence-corrected chi connectivity index (χ1v) is 7.65. The van der Waals surface area contributed by atoms with E-state index >= 15 is 0 Å². The fourth-order valence-corrected chi connectivity index (χ4v) is 3.29. The molecule has 1 aromatic rings. The van der Waals surface area contributed by atoms with Crippen molar-refractivity contribution in [3.8, 4) is 0 Å². The van der Waals surface area contributed by atoms with E-state index in [2.05, 4.69) is 39.5 Å². The van der Waals surface area contributed by atoms with E-state index in [1.54, 1.807) is 0 Å². The van der Waals surface area contributed by atoms with Crippen LogP contribution in [0.25, 0.3) is 0 Å². The first kappa shape index (κ1) is 12.1. The Hall–Kier alpha value is -1.000. The maximum Gasteiger partial charge on any atom is 0.0977 e. The molecule has 2 heterocycles. The van der Waals surface area contributed by atoms with Gasteiger partial charge in [0.15, 0.2) is 0 Å². The number of rotatable bonds is 2. The largest absolute Gasteiger partial charge is 0.370 e. The molecule has 0 bridgehead atoms. The predicted octanol–water partition coefficient (Wildman–Crippen LogP) is 1.98. The van der Waals surface area contributed by atoms with Crippen LogP contribution in [0.2, 0.25) is 0 Å². The molecule has 1 N–H and O–H groups in total. The number of thioether (sulfide) groups is 1. The molecule has 0 saturated carbocycles. The quantitative estimate of drug-likeness (QED) is 0.882. The molecule has 3 nitrogen and oxygen atoms in total. The van der Waals surface area contributed by atoms with Gasteiger partial charge in [-0.25, -0.2) is 0 Å². The summed E-state index contributed by atoms with van der Waals surface area (Å²) in [5.41, 5.74) is 2.61. The maximum atomic E-state index is 4.52. The van der Waals surface area contributed by atoms with E-state index in [1.165, 1.54) is 22.7 Å².